The average Bonchev–Trinajstić information content (AvgIpc) is 2.31. The largest absolute Gasteiger partial charge is 0.488 e. The maximum Gasteiger partial charge on any atom is 0.128 e. The molecule has 3 atom stereocenters. The van der Waals surface area contributed by atoms with E-state index < -0.39 is 0 Å². The van der Waals surface area contributed by atoms with Crippen molar-refractivity contribution in [1.29, 1.82) is 0 Å². The van der Waals surface area contributed by atoms with Gasteiger partial charge in [0.05, 0.1) is 0 Å². The Hall–Kier alpha value is -0.580. The molecule has 0 aromatic heterocycles. The Morgan fingerprint density at radius 1 is 1.47 bits per heavy atom. The Bertz CT molecular complexity index is 372. The van der Waals surface area contributed by atoms with Crippen LogP contribution in [0.15, 0.2) is 28.7 Å². The Labute approximate surface area is 111 Å². The topological polar surface area (TPSA) is 30.5 Å². The van der Waals surface area contributed by atoms with Gasteiger partial charge in [0.1, 0.15) is 18.0 Å². The average molecular weight is 300 g/mol. The van der Waals surface area contributed by atoms with Crippen LogP contribution in [0.1, 0.15) is 13.3 Å². The Balaban J connectivity index is 1.95. The zero-order valence-electron chi connectivity index (χ0n) is 10.2. The molecule has 0 bridgehead atoms. The number of benzene rings is 1. The van der Waals surface area contributed by atoms with Crippen molar-refractivity contribution < 1.29 is 9.47 Å². The smallest absolute Gasteiger partial charge is 0.128 e. The van der Waals surface area contributed by atoms with Crippen molar-refractivity contribution in [3.63, 3.8) is 0 Å². The highest BCUT2D eigenvalue weighted by Crippen LogP contribution is 2.29. The third kappa shape index (κ3) is 3.00. The van der Waals surface area contributed by atoms with Crippen molar-refractivity contribution in [2.75, 3.05) is 13.7 Å². The van der Waals surface area contributed by atoms with Crippen LogP contribution >= 0.6 is 15.9 Å². The fourth-order valence-corrected chi connectivity index (χ4v) is 2.49. The van der Waals surface area contributed by atoms with E-state index in [-0.39, 0.29) is 12.2 Å². The van der Waals surface area contributed by atoms with Gasteiger partial charge in [-0.1, -0.05) is 22.0 Å². The molecule has 94 valence electrons. The monoisotopic (exact) mass is 299 g/mol. The van der Waals surface area contributed by atoms with Crippen LogP contribution in [0.4, 0.5) is 0 Å². The SMILES string of the molecule is CCOC1C(NC)CC1Oc1cccc(Br)c1. The van der Waals surface area contributed by atoms with E-state index in [1.165, 1.54) is 0 Å². The minimum atomic E-state index is 0.154. The number of ether oxygens (including phenoxy) is 2. The molecule has 3 nitrogen and oxygen atoms in total. The van der Waals surface area contributed by atoms with Gasteiger partial charge in [-0.05, 0) is 32.2 Å². The van der Waals surface area contributed by atoms with Gasteiger partial charge < -0.3 is 14.8 Å². The standard InChI is InChI=1S/C13H18BrNO2/c1-3-16-13-11(15-2)8-12(13)17-10-6-4-5-9(14)7-10/h4-7,11-13,15H,3,8H2,1-2H3. The summed E-state index contributed by atoms with van der Waals surface area (Å²) >= 11 is 3.44. The van der Waals surface area contributed by atoms with Crippen LogP contribution in [0.3, 0.4) is 0 Å². The predicted molar refractivity (Wildman–Crippen MR) is 71.4 cm³/mol. The summed E-state index contributed by atoms with van der Waals surface area (Å²) in [6, 6.07) is 8.33. The van der Waals surface area contributed by atoms with Gasteiger partial charge in [0.25, 0.3) is 0 Å². The molecule has 1 aliphatic carbocycles. The van der Waals surface area contributed by atoms with Crippen molar-refractivity contribution in [3.05, 3.63) is 28.7 Å². The van der Waals surface area contributed by atoms with Gasteiger partial charge in [-0.2, -0.15) is 0 Å². The first-order chi connectivity index (χ1) is 8.24. The molecule has 2 rings (SSSR count). The number of likely N-dealkylation sites (N-methyl/N-ethyl adjacent to an activating group) is 1. The molecule has 1 fully saturated rings. The van der Waals surface area contributed by atoms with Crippen LogP contribution in [0.2, 0.25) is 0 Å². The lowest BCUT2D eigenvalue weighted by molar-refractivity contribution is -0.103. The zero-order valence-corrected chi connectivity index (χ0v) is 11.7. The number of hydrogen-bond acceptors (Lipinski definition) is 3. The lowest BCUT2D eigenvalue weighted by Gasteiger charge is -2.43. The molecule has 4 heteroatoms. The highest BCUT2D eigenvalue weighted by molar-refractivity contribution is 9.10. The van der Waals surface area contributed by atoms with Crippen molar-refractivity contribution in [2.45, 2.75) is 31.6 Å². The Kier molecular flexibility index (Phi) is 4.42. The lowest BCUT2D eigenvalue weighted by atomic mass is 9.85. The van der Waals surface area contributed by atoms with E-state index in [2.05, 4.69) is 21.2 Å². The summed E-state index contributed by atoms with van der Waals surface area (Å²) in [6.07, 6.45) is 1.30. The molecule has 0 heterocycles. The maximum atomic E-state index is 5.93. The molecule has 0 amide bonds. The second kappa shape index (κ2) is 5.85. The highest BCUT2D eigenvalue weighted by Gasteiger charge is 2.42. The van der Waals surface area contributed by atoms with Crippen LogP contribution in [0, 0.1) is 0 Å². The van der Waals surface area contributed by atoms with E-state index >= 15 is 0 Å². The summed E-state index contributed by atoms with van der Waals surface area (Å²) in [5, 5.41) is 3.25. The van der Waals surface area contributed by atoms with Crippen LogP contribution in [0.5, 0.6) is 5.75 Å². The molecule has 0 radical (unpaired) electrons. The van der Waals surface area contributed by atoms with Crippen molar-refractivity contribution >= 4 is 15.9 Å². The number of rotatable bonds is 5. The number of halogens is 1. The fraction of sp³-hybridized carbons (Fsp3) is 0.538. The first kappa shape index (κ1) is 12.9. The van der Waals surface area contributed by atoms with Gasteiger partial charge in [0.2, 0.25) is 0 Å². The molecule has 0 aliphatic heterocycles. The first-order valence-corrected chi connectivity index (χ1v) is 6.75. The summed E-state index contributed by atoms with van der Waals surface area (Å²) in [5.74, 6) is 0.892. The third-order valence-corrected chi connectivity index (χ3v) is 3.56. The van der Waals surface area contributed by atoms with Gasteiger partial charge >= 0.3 is 0 Å². The Morgan fingerprint density at radius 3 is 2.94 bits per heavy atom. The van der Waals surface area contributed by atoms with Gasteiger partial charge in [-0.3, -0.25) is 0 Å². The van der Waals surface area contributed by atoms with Gasteiger partial charge in [0, 0.05) is 23.5 Å². The quantitative estimate of drug-likeness (QED) is 0.906. The summed E-state index contributed by atoms with van der Waals surface area (Å²) in [6.45, 7) is 2.74. The molecule has 1 aliphatic rings. The van der Waals surface area contributed by atoms with E-state index in [1.807, 2.05) is 38.2 Å². The minimum absolute atomic E-state index is 0.154. The van der Waals surface area contributed by atoms with Gasteiger partial charge in [-0.25, -0.2) is 0 Å². The summed E-state index contributed by atoms with van der Waals surface area (Å²) in [4.78, 5) is 0. The molecule has 17 heavy (non-hydrogen) atoms. The molecule has 1 saturated carbocycles. The summed E-state index contributed by atoms with van der Waals surface area (Å²) in [5.41, 5.74) is 0. The van der Waals surface area contributed by atoms with E-state index in [0.29, 0.717) is 6.04 Å². The second-order valence-corrected chi connectivity index (χ2v) is 5.08. The van der Waals surface area contributed by atoms with E-state index in [0.717, 1.165) is 23.2 Å². The normalized spacial score (nSPS) is 27.6. The van der Waals surface area contributed by atoms with Crippen LogP contribution in [0.25, 0.3) is 0 Å². The predicted octanol–water partition coefficient (Wildman–Crippen LogP) is 2.59. The summed E-state index contributed by atoms with van der Waals surface area (Å²) in [7, 11) is 1.96. The molecule has 0 saturated heterocycles. The van der Waals surface area contributed by atoms with Crippen molar-refractivity contribution in [2.24, 2.45) is 0 Å². The zero-order chi connectivity index (χ0) is 12.3. The van der Waals surface area contributed by atoms with Crippen LogP contribution < -0.4 is 10.1 Å². The second-order valence-electron chi connectivity index (χ2n) is 4.16. The molecular formula is C13H18BrNO2. The molecular weight excluding hydrogens is 282 g/mol. The molecule has 1 aromatic rings. The van der Waals surface area contributed by atoms with E-state index in [9.17, 15) is 0 Å². The highest BCUT2D eigenvalue weighted by atomic mass is 79.9. The molecule has 0 spiro atoms. The fourth-order valence-electron chi connectivity index (χ4n) is 2.11. The van der Waals surface area contributed by atoms with E-state index in [4.69, 9.17) is 9.47 Å². The maximum absolute atomic E-state index is 5.93. The third-order valence-electron chi connectivity index (χ3n) is 3.06. The number of hydrogen-bond donors (Lipinski definition) is 1. The number of nitrogens with one attached hydrogen (secondary N) is 1. The van der Waals surface area contributed by atoms with Crippen LogP contribution in [-0.4, -0.2) is 31.9 Å². The Morgan fingerprint density at radius 2 is 2.29 bits per heavy atom. The molecule has 3 unspecified atom stereocenters. The van der Waals surface area contributed by atoms with Crippen molar-refractivity contribution in [3.8, 4) is 5.75 Å². The summed E-state index contributed by atoms with van der Waals surface area (Å²) < 4.78 is 12.7. The van der Waals surface area contributed by atoms with Gasteiger partial charge in [-0.15, -0.1) is 0 Å². The lowest BCUT2D eigenvalue weighted by Crippen LogP contribution is -2.60. The van der Waals surface area contributed by atoms with E-state index in [1.54, 1.807) is 0 Å². The van der Waals surface area contributed by atoms with Crippen molar-refractivity contribution in [1.82, 2.24) is 5.32 Å². The molecule has 1 aromatic carbocycles. The van der Waals surface area contributed by atoms with Gasteiger partial charge in [0.15, 0.2) is 0 Å². The van der Waals surface area contributed by atoms with Crippen LogP contribution in [-0.2, 0) is 4.74 Å². The first-order valence-electron chi connectivity index (χ1n) is 5.95. The minimum Gasteiger partial charge on any atom is -0.488 e. The molecule has 1 N–H and O–H groups in total.